The van der Waals surface area contributed by atoms with Crippen molar-refractivity contribution in [2.24, 2.45) is 0 Å². The highest BCUT2D eigenvalue weighted by Gasteiger charge is 2.19. The topological polar surface area (TPSA) is 12.5 Å². The molecule has 2 rings (SSSR count). The molecule has 0 aliphatic carbocycles. The summed E-state index contributed by atoms with van der Waals surface area (Å²) in [4.78, 5) is 2.44. The first kappa shape index (κ1) is 14.4. The van der Waals surface area contributed by atoms with Crippen molar-refractivity contribution in [1.29, 1.82) is 0 Å². The maximum atomic E-state index is 5.69. The van der Waals surface area contributed by atoms with Gasteiger partial charge in [-0.2, -0.15) is 0 Å². The number of anilines is 1. The minimum absolute atomic E-state index is 0.455. The minimum atomic E-state index is 0.455. The van der Waals surface area contributed by atoms with Crippen molar-refractivity contribution in [2.75, 3.05) is 24.6 Å². The second-order valence-corrected chi connectivity index (χ2v) is 5.97. The molecule has 0 spiro atoms. The van der Waals surface area contributed by atoms with E-state index in [4.69, 9.17) is 4.74 Å². The molecule has 0 amide bonds. The number of halogens is 2. The molecule has 1 aromatic carbocycles. The summed E-state index contributed by atoms with van der Waals surface area (Å²) in [6, 6.07) is 6.61. The zero-order valence-electron chi connectivity index (χ0n) is 10.7. The van der Waals surface area contributed by atoms with E-state index in [-0.39, 0.29) is 0 Å². The number of benzene rings is 1. The molecule has 1 saturated heterocycles. The third-order valence-corrected chi connectivity index (χ3v) is 4.73. The molecule has 100 valence electrons. The predicted octanol–water partition coefficient (Wildman–Crippen LogP) is 4.35. The summed E-state index contributed by atoms with van der Waals surface area (Å²) in [6.07, 6.45) is 2.72. The summed E-state index contributed by atoms with van der Waals surface area (Å²) in [5.74, 6) is 0. The van der Waals surface area contributed by atoms with Crippen LogP contribution in [0.4, 0.5) is 5.69 Å². The number of rotatable bonds is 4. The molecule has 0 unspecified atom stereocenters. The maximum Gasteiger partial charge on any atom is 0.0608 e. The zero-order chi connectivity index (χ0) is 13.0. The van der Waals surface area contributed by atoms with Crippen molar-refractivity contribution >= 4 is 37.5 Å². The van der Waals surface area contributed by atoms with Crippen LogP contribution in [-0.2, 0) is 10.1 Å². The van der Waals surface area contributed by atoms with E-state index in [1.165, 1.54) is 15.7 Å². The van der Waals surface area contributed by atoms with Gasteiger partial charge in [0.05, 0.1) is 6.10 Å². The Labute approximate surface area is 126 Å². The molecule has 1 aliphatic heterocycles. The Hall–Kier alpha value is -0.0600. The molecule has 0 atom stereocenters. The molecule has 4 heteroatoms. The quantitative estimate of drug-likeness (QED) is 0.724. The van der Waals surface area contributed by atoms with E-state index in [2.05, 4.69) is 61.9 Å². The van der Waals surface area contributed by atoms with Crippen molar-refractivity contribution in [3.05, 3.63) is 28.2 Å². The van der Waals surface area contributed by atoms with Gasteiger partial charge in [0.2, 0.25) is 0 Å². The van der Waals surface area contributed by atoms with E-state index in [1.807, 2.05) is 0 Å². The highest BCUT2D eigenvalue weighted by Crippen LogP contribution is 2.28. The van der Waals surface area contributed by atoms with Crippen molar-refractivity contribution in [2.45, 2.75) is 31.2 Å². The van der Waals surface area contributed by atoms with Crippen molar-refractivity contribution in [3.8, 4) is 0 Å². The maximum absolute atomic E-state index is 5.69. The van der Waals surface area contributed by atoms with E-state index in [0.717, 1.165) is 37.9 Å². The standard InChI is InChI=1S/C14H19Br2NO/c1-2-18-13-5-7-17(8-6-13)12-4-3-11(10-15)14(16)9-12/h3-4,9,13H,2,5-8,10H2,1H3. The monoisotopic (exact) mass is 375 g/mol. The van der Waals surface area contributed by atoms with E-state index >= 15 is 0 Å². The van der Waals surface area contributed by atoms with Gasteiger partial charge in [-0.3, -0.25) is 0 Å². The summed E-state index contributed by atoms with van der Waals surface area (Å²) >= 11 is 7.12. The first-order chi connectivity index (χ1) is 8.74. The third kappa shape index (κ3) is 3.49. The van der Waals surface area contributed by atoms with E-state index in [9.17, 15) is 0 Å². The highest BCUT2D eigenvalue weighted by atomic mass is 79.9. The van der Waals surface area contributed by atoms with Gasteiger partial charge in [0.1, 0.15) is 0 Å². The second-order valence-electron chi connectivity index (χ2n) is 4.55. The fourth-order valence-electron chi connectivity index (χ4n) is 2.36. The van der Waals surface area contributed by atoms with Crippen LogP contribution in [-0.4, -0.2) is 25.8 Å². The van der Waals surface area contributed by atoms with Gasteiger partial charge in [0.25, 0.3) is 0 Å². The number of alkyl halides is 1. The first-order valence-corrected chi connectivity index (χ1v) is 8.37. The Balaban J connectivity index is 1.99. The number of hydrogen-bond acceptors (Lipinski definition) is 2. The van der Waals surface area contributed by atoms with Crippen LogP contribution >= 0.6 is 31.9 Å². The Morgan fingerprint density at radius 3 is 2.61 bits per heavy atom. The van der Waals surface area contributed by atoms with Crippen LogP contribution in [0.2, 0.25) is 0 Å². The molecule has 1 aromatic rings. The number of nitrogens with zero attached hydrogens (tertiary/aromatic N) is 1. The lowest BCUT2D eigenvalue weighted by molar-refractivity contribution is 0.0459. The van der Waals surface area contributed by atoms with Crippen LogP contribution in [0.1, 0.15) is 25.3 Å². The van der Waals surface area contributed by atoms with E-state index in [1.54, 1.807) is 0 Å². The normalized spacial score (nSPS) is 17.2. The molecule has 0 saturated carbocycles. The van der Waals surface area contributed by atoms with Gasteiger partial charge in [-0.15, -0.1) is 0 Å². The number of ether oxygens (including phenoxy) is 1. The summed E-state index contributed by atoms with van der Waals surface area (Å²) in [5.41, 5.74) is 2.60. The molecule has 2 nitrogen and oxygen atoms in total. The molecule has 0 N–H and O–H groups in total. The van der Waals surface area contributed by atoms with Crippen molar-refractivity contribution in [1.82, 2.24) is 0 Å². The van der Waals surface area contributed by atoms with Crippen LogP contribution in [0.15, 0.2) is 22.7 Å². The van der Waals surface area contributed by atoms with Crippen LogP contribution in [0.25, 0.3) is 0 Å². The summed E-state index contributed by atoms with van der Waals surface area (Å²) < 4.78 is 6.87. The summed E-state index contributed by atoms with van der Waals surface area (Å²) in [6.45, 7) is 5.08. The molecule has 1 heterocycles. The predicted molar refractivity (Wildman–Crippen MR) is 83.6 cm³/mol. The van der Waals surface area contributed by atoms with Crippen LogP contribution < -0.4 is 4.90 Å². The van der Waals surface area contributed by atoms with Gasteiger partial charge >= 0.3 is 0 Å². The SMILES string of the molecule is CCOC1CCN(c2ccc(CBr)c(Br)c2)CC1. The molecule has 18 heavy (non-hydrogen) atoms. The minimum Gasteiger partial charge on any atom is -0.378 e. The van der Waals surface area contributed by atoms with Crippen LogP contribution in [0.5, 0.6) is 0 Å². The third-order valence-electron chi connectivity index (χ3n) is 3.39. The Morgan fingerprint density at radius 2 is 2.06 bits per heavy atom. The van der Waals surface area contributed by atoms with E-state index in [0.29, 0.717) is 6.10 Å². The molecule has 0 bridgehead atoms. The Bertz CT molecular complexity index is 389. The fraction of sp³-hybridized carbons (Fsp3) is 0.571. The lowest BCUT2D eigenvalue weighted by atomic mass is 10.1. The molecule has 1 aliphatic rings. The van der Waals surface area contributed by atoms with Crippen LogP contribution in [0.3, 0.4) is 0 Å². The zero-order valence-corrected chi connectivity index (χ0v) is 13.8. The van der Waals surface area contributed by atoms with Gasteiger partial charge in [-0.25, -0.2) is 0 Å². The largest absolute Gasteiger partial charge is 0.378 e. The van der Waals surface area contributed by atoms with Crippen LogP contribution in [0, 0.1) is 0 Å². The van der Waals surface area contributed by atoms with Crippen molar-refractivity contribution in [3.63, 3.8) is 0 Å². The lowest BCUT2D eigenvalue weighted by Crippen LogP contribution is -2.37. The second kappa shape index (κ2) is 6.92. The van der Waals surface area contributed by atoms with Gasteiger partial charge < -0.3 is 9.64 Å². The number of piperidine rings is 1. The van der Waals surface area contributed by atoms with Gasteiger partial charge in [-0.1, -0.05) is 37.9 Å². The molecular weight excluding hydrogens is 358 g/mol. The molecule has 0 radical (unpaired) electrons. The average molecular weight is 377 g/mol. The Morgan fingerprint density at radius 1 is 1.33 bits per heavy atom. The number of hydrogen-bond donors (Lipinski definition) is 0. The van der Waals surface area contributed by atoms with Gasteiger partial charge in [0.15, 0.2) is 0 Å². The molecular formula is C14H19Br2NO. The fourth-order valence-corrected chi connectivity index (χ4v) is 3.73. The van der Waals surface area contributed by atoms with Gasteiger partial charge in [-0.05, 0) is 37.5 Å². The van der Waals surface area contributed by atoms with Crippen molar-refractivity contribution < 1.29 is 4.74 Å². The van der Waals surface area contributed by atoms with Gasteiger partial charge in [0, 0.05) is 35.2 Å². The molecule has 0 aromatic heterocycles. The van der Waals surface area contributed by atoms with E-state index < -0.39 is 0 Å². The summed E-state index contributed by atoms with van der Waals surface area (Å²) in [7, 11) is 0. The first-order valence-electron chi connectivity index (χ1n) is 6.45. The Kier molecular flexibility index (Phi) is 5.52. The smallest absolute Gasteiger partial charge is 0.0608 e. The average Bonchev–Trinajstić information content (AvgIpc) is 2.40. The highest BCUT2D eigenvalue weighted by molar-refractivity contribution is 9.10. The lowest BCUT2D eigenvalue weighted by Gasteiger charge is -2.33. The summed E-state index contributed by atoms with van der Waals surface area (Å²) in [5, 5.41) is 0.889. The molecule has 1 fully saturated rings.